The maximum atomic E-state index is 13.5. The summed E-state index contributed by atoms with van der Waals surface area (Å²) in [6.07, 6.45) is 10.8. The zero-order valence-corrected chi connectivity index (χ0v) is 23.4. The average molecular weight is 521 g/mol. The van der Waals surface area contributed by atoms with Gasteiger partial charge in [-0.25, -0.2) is 9.97 Å². The van der Waals surface area contributed by atoms with Crippen LogP contribution in [0.5, 0.6) is 5.75 Å². The summed E-state index contributed by atoms with van der Waals surface area (Å²) in [5.41, 5.74) is 3.18. The highest BCUT2D eigenvalue weighted by Crippen LogP contribution is 2.25. The molecule has 4 rings (SSSR count). The maximum Gasteiger partial charge on any atom is 0.272 e. The summed E-state index contributed by atoms with van der Waals surface area (Å²) >= 11 is 0. The largest absolute Gasteiger partial charge is 0.497 e. The number of methoxy groups -OCH3 is 1. The molecule has 0 atom stereocenters. The maximum absolute atomic E-state index is 13.5. The van der Waals surface area contributed by atoms with E-state index < -0.39 is 0 Å². The number of unbranched alkanes of at least 4 members (excludes halogenated alkanes) is 2. The Balaban J connectivity index is 1.60. The van der Waals surface area contributed by atoms with Gasteiger partial charge >= 0.3 is 0 Å². The number of rotatable bonds is 14. The molecular formula is C30H44N6O2. The minimum Gasteiger partial charge on any atom is -0.497 e. The minimum absolute atomic E-state index is 0.0135. The smallest absolute Gasteiger partial charge is 0.272 e. The molecule has 1 aliphatic rings. The molecular weight excluding hydrogens is 476 g/mol. The van der Waals surface area contributed by atoms with E-state index in [9.17, 15) is 4.79 Å². The highest BCUT2D eigenvalue weighted by atomic mass is 16.5. The number of aromatic nitrogens is 3. The number of likely N-dealkylation sites (tertiary alicyclic amines) is 1. The van der Waals surface area contributed by atoms with Crippen LogP contribution in [0.25, 0.3) is 11.0 Å². The van der Waals surface area contributed by atoms with Crippen LogP contribution in [0.1, 0.15) is 75.7 Å². The van der Waals surface area contributed by atoms with Gasteiger partial charge < -0.3 is 24.4 Å². The van der Waals surface area contributed by atoms with Crippen LogP contribution in [0.3, 0.4) is 0 Å². The van der Waals surface area contributed by atoms with Crippen molar-refractivity contribution >= 4 is 28.6 Å². The van der Waals surface area contributed by atoms with Gasteiger partial charge in [-0.15, -0.1) is 0 Å². The van der Waals surface area contributed by atoms with Gasteiger partial charge in [0.25, 0.3) is 5.91 Å². The first kappa shape index (κ1) is 27.9. The summed E-state index contributed by atoms with van der Waals surface area (Å²) < 4.78 is 7.52. The van der Waals surface area contributed by atoms with Crippen LogP contribution in [-0.4, -0.2) is 70.1 Å². The Morgan fingerprint density at radius 1 is 1.00 bits per heavy atom. The first-order chi connectivity index (χ1) is 18.6. The third-order valence-corrected chi connectivity index (χ3v) is 7.36. The summed E-state index contributed by atoms with van der Waals surface area (Å²) in [5.74, 6) is 1.59. The molecule has 0 saturated carbocycles. The van der Waals surface area contributed by atoms with E-state index in [0.29, 0.717) is 5.69 Å². The van der Waals surface area contributed by atoms with Crippen LogP contribution in [0.15, 0.2) is 36.5 Å². The standard InChI is InChI=1S/C30H44N6O2/c1-4-6-19-35(20-7-5-2)29(37)26-22-28-27(23-31-26)33-30(32-24-12-14-25(38-3)15-13-24)36(28)21-11-18-34-16-9-8-10-17-34/h12-15,22-23H,4-11,16-21H2,1-3H3,(H,32,33). The van der Waals surface area contributed by atoms with Crippen molar-refractivity contribution in [1.82, 2.24) is 24.3 Å². The molecule has 0 bridgehead atoms. The number of hydrogen-bond acceptors (Lipinski definition) is 6. The van der Waals surface area contributed by atoms with Crippen LogP contribution in [0, 0.1) is 0 Å². The van der Waals surface area contributed by atoms with E-state index in [0.717, 1.165) is 86.7 Å². The molecule has 1 amide bonds. The van der Waals surface area contributed by atoms with Crippen molar-refractivity contribution in [3.8, 4) is 5.75 Å². The fraction of sp³-hybridized carbons (Fsp3) is 0.567. The molecule has 1 N–H and O–H groups in total. The van der Waals surface area contributed by atoms with E-state index >= 15 is 0 Å². The molecule has 3 aromatic rings. The lowest BCUT2D eigenvalue weighted by Crippen LogP contribution is -2.33. The number of carbonyl (C=O) groups is 1. The van der Waals surface area contributed by atoms with E-state index in [1.807, 2.05) is 35.2 Å². The number of amides is 1. The van der Waals surface area contributed by atoms with Gasteiger partial charge in [-0.1, -0.05) is 33.1 Å². The molecule has 1 aliphatic heterocycles. The molecule has 0 radical (unpaired) electrons. The van der Waals surface area contributed by atoms with E-state index in [4.69, 9.17) is 9.72 Å². The predicted octanol–water partition coefficient (Wildman–Crippen LogP) is 6.10. The van der Waals surface area contributed by atoms with Gasteiger partial charge in [0.1, 0.15) is 17.0 Å². The number of nitrogens with zero attached hydrogens (tertiary/aromatic N) is 5. The normalized spacial score (nSPS) is 14.1. The molecule has 8 heteroatoms. The second-order valence-electron chi connectivity index (χ2n) is 10.3. The van der Waals surface area contributed by atoms with E-state index in [2.05, 4.69) is 33.6 Å². The summed E-state index contributed by atoms with van der Waals surface area (Å²) in [6, 6.07) is 9.79. The van der Waals surface area contributed by atoms with Gasteiger partial charge in [-0.2, -0.15) is 0 Å². The number of hydrogen-bond donors (Lipinski definition) is 1. The van der Waals surface area contributed by atoms with Gasteiger partial charge in [-0.05, 0) is 82.1 Å². The van der Waals surface area contributed by atoms with E-state index in [1.54, 1.807) is 13.3 Å². The van der Waals surface area contributed by atoms with Crippen LogP contribution >= 0.6 is 0 Å². The highest BCUT2D eigenvalue weighted by molar-refractivity contribution is 5.95. The number of piperidine rings is 1. The average Bonchev–Trinajstić information content (AvgIpc) is 3.29. The van der Waals surface area contributed by atoms with Crippen molar-refractivity contribution in [3.63, 3.8) is 0 Å². The number of imidazole rings is 1. The van der Waals surface area contributed by atoms with Gasteiger partial charge in [0.05, 0.1) is 18.8 Å². The third-order valence-electron chi connectivity index (χ3n) is 7.36. The quantitative estimate of drug-likeness (QED) is 0.277. The molecule has 1 saturated heterocycles. The van der Waals surface area contributed by atoms with Crippen LogP contribution in [0.4, 0.5) is 11.6 Å². The van der Waals surface area contributed by atoms with Crippen LogP contribution in [0.2, 0.25) is 0 Å². The molecule has 1 aromatic carbocycles. The number of anilines is 2. The number of fused-ring (bicyclic) bond motifs is 1. The predicted molar refractivity (Wildman–Crippen MR) is 154 cm³/mol. The fourth-order valence-corrected chi connectivity index (χ4v) is 5.08. The summed E-state index contributed by atoms with van der Waals surface area (Å²) in [4.78, 5) is 27.5. The molecule has 2 aromatic heterocycles. The lowest BCUT2D eigenvalue weighted by molar-refractivity contribution is 0.0745. The lowest BCUT2D eigenvalue weighted by Gasteiger charge is -2.26. The number of nitrogens with one attached hydrogen (secondary N) is 1. The summed E-state index contributed by atoms with van der Waals surface area (Å²) in [7, 11) is 1.67. The molecule has 3 heterocycles. The topological polar surface area (TPSA) is 75.5 Å². The van der Waals surface area contributed by atoms with Gasteiger partial charge in [0.15, 0.2) is 0 Å². The van der Waals surface area contributed by atoms with E-state index in [1.165, 1.54) is 32.4 Å². The summed E-state index contributed by atoms with van der Waals surface area (Å²) in [5, 5.41) is 3.49. The Bertz CT molecular complexity index is 1150. The van der Waals surface area contributed by atoms with Crippen molar-refractivity contribution in [2.75, 3.05) is 45.2 Å². The van der Waals surface area contributed by atoms with Gasteiger partial charge in [0, 0.05) is 25.3 Å². The van der Waals surface area contributed by atoms with Crippen molar-refractivity contribution in [2.24, 2.45) is 0 Å². The Labute approximate surface area is 227 Å². The Kier molecular flexibility index (Phi) is 10.4. The number of carbonyl (C=O) groups excluding carboxylic acids is 1. The molecule has 206 valence electrons. The first-order valence-electron chi connectivity index (χ1n) is 14.4. The van der Waals surface area contributed by atoms with Gasteiger partial charge in [0.2, 0.25) is 5.95 Å². The number of aryl methyl sites for hydroxylation is 1. The second kappa shape index (κ2) is 14.1. The highest BCUT2D eigenvalue weighted by Gasteiger charge is 2.20. The molecule has 0 spiro atoms. The van der Waals surface area contributed by atoms with Gasteiger partial charge in [-0.3, -0.25) is 4.79 Å². The minimum atomic E-state index is 0.0135. The third kappa shape index (κ3) is 7.25. The molecule has 8 nitrogen and oxygen atoms in total. The Hall–Kier alpha value is -3.13. The SMILES string of the molecule is CCCCN(CCCC)C(=O)c1cc2c(cn1)nc(Nc1ccc(OC)cc1)n2CCCN1CCCCC1. The fourth-order valence-electron chi connectivity index (χ4n) is 5.08. The van der Waals surface area contributed by atoms with Crippen molar-refractivity contribution in [2.45, 2.75) is 71.8 Å². The lowest BCUT2D eigenvalue weighted by atomic mass is 10.1. The number of ether oxygens (including phenoxy) is 1. The Morgan fingerprint density at radius 2 is 1.71 bits per heavy atom. The monoisotopic (exact) mass is 520 g/mol. The van der Waals surface area contributed by atoms with Crippen molar-refractivity contribution < 1.29 is 9.53 Å². The molecule has 38 heavy (non-hydrogen) atoms. The summed E-state index contributed by atoms with van der Waals surface area (Å²) in [6.45, 7) is 10.1. The number of pyridine rings is 1. The second-order valence-corrected chi connectivity index (χ2v) is 10.3. The molecule has 0 aliphatic carbocycles. The molecule has 1 fully saturated rings. The zero-order valence-electron chi connectivity index (χ0n) is 23.4. The Morgan fingerprint density at radius 3 is 2.37 bits per heavy atom. The van der Waals surface area contributed by atoms with Crippen molar-refractivity contribution in [1.29, 1.82) is 0 Å². The van der Waals surface area contributed by atoms with Crippen LogP contribution < -0.4 is 10.1 Å². The first-order valence-corrected chi connectivity index (χ1v) is 14.4. The zero-order chi connectivity index (χ0) is 26.7. The van der Waals surface area contributed by atoms with Crippen molar-refractivity contribution in [3.05, 3.63) is 42.2 Å². The molecule has 0 unspecified atom stereocenters. The number of benzene rings is 1. The van der Waals surface area contributed by atoms with E-state index in [-0.39, 0.29) is 5.91 Å². The van der Waals surface area contributed by atoms with Crippen LogP contribution in [-0.2, 0) is 6.54 Å².